The number of nitrogens with zero attached hydrogens (tertiary/aromatic N) is 2. The molecule has 242 valence electrons. The van der Waals surface area contributed by atoms with Gasteiger partial charge >= 0.3 is 0 Å². The topological polar surface area (TPSA) is 52.6 Å². The van der Waals surface area contributed by atoms with Gasteiger partial charge in [-0.1, -0.05) is 38.5 Å². The molecule has 1 aromatic rings. The molecule has 0 aliphatic carbocycles. The fourth-order valence-electron chi connectivity index (χ4n) is 5.57. The van der Waals surface area contributed by atoms with E-state index in [1.807, 2.05) is 7.11 Å². The fourth-order valence-corrected chi connectivity index (χ4v) is 5.57. The van der Waals surface area contributed by atoms with Gasteiger partial charge in [-0.05, 0) is 76.5 Å². The summed E-state index contributed by atoms with van der Waals surface area (Å²) in [5, 5.41) is 0. The van der Waals surface area contributed by atoms with Crippen LogP contribution in [0.15, 0.2) is 12.1 Å². The van der Waals surface area contributed by atoms with E-state index in [1.165, 1.54) is 41.5 Å². The van der Waals surface area contributed by atoms with Crippen LogP contribution in [-0.4, -0.2) is 102 Å². The Hall–Kier alpha value is -1.06. The average molecular weight is 583 g/mol. The fraction of sp³-hybridized carbons (Fsp3) is 0.824. The second-order valence-electron chi connectivity index (χ2n) is 11.9. The van der Waals surface area contributed by atoms with Crippen LogP contribution in [0, 0.1) is 6.92 Å². The molecule has 7 nitrogen and oxygen atoms in total. The Labute approximate surface area is 254 Å². The summed E-state index contributed by atoms with van der Waals surface area (Å²) in [6.45, 7) is 23.8. The van der Waals surface area contributed by atoms with Gasteiger partial charge in [-0.3, -0.25) is 9.80 Å². The van der Waals surface area contributed by atoms with E-state index >= 15 is 0 Å². The minimum Gasteiger partial charge on any atom is -0.383 e. The number of methoxy groups -OCH3 is 5. The Balaban J connectivity index is 0.000000593. The number of piperidine rings is 1. The van der Waals surface area contributed by atoms with Crippen molar-refractivity contribution in [3.8, 4) is 0 Å². The van der Waals surface area contributed by atoms with Gasteiger partial charge in [0.25, 0.3) is 0 Å². The van der Waals surface area contributed by atoms with Crippen molar-refractivity contribution in [1.29, 1.82) is 0 Å². The lowest BCUT2D eigenvalue weighted by Crippen LogP contribution is -2.49. The first-order valence-electron chi connectivity index (χ1n) is 15.6. The molecule has 1 aliphatic rings. The highest BCUT2D eigenvalue weighted by molar-refractivity contribution is 5.40. The number of ether oxygens (including phenoxy) is 5. The van der Waals surface area contributed by atoms with Crippen LogP contribution in [-0.2, 0) is 36.9 Å². The lowest BCUT2D eigenvalue weighted by atomic mass is 9.91. The quantitative estimate of drug-likeness (QED) is 0.229. The SMILES string of the molecule is CC[C@H]1CC[C@@H](OC)CN1C(C)C.COCCN(CCOC)C(C)C.COCc1cc(C)cc(COC)c1C(C)C. The molecule has 0 unspecified atom stereocenters. The van der Waals surface area contributed by atoms with Gasteiger partial charge in [0.2, 0.25) is 0 Å². The molecule has 2 rings (SSSR count). The van der Waals surface area contributed by atoms with Crippen molar-refractivity contribution in [2.24, 2.45) is 0 Å². The van der Waals surface area contributed by atoms with Gasteiger partial charge in [0, 0.05) is 73.3 Å². The summed E-state index contributed by atoms with van der Waals surface area (Å²) >= 11 is 0. The zero-order valence-electron chi connectivity index (χ0n) is 29.0. The largest absolute Gasteiger partial charge is 0.383 e. The lowest BCUT2D eigenvalue weighted by molar-refractivity contribution is -0.00908. The minimum absolute atomic E-state index is 0.463. The maximum atomic E-state index is 5.42. The highest BCUT2D eigenvalue weighted by atomic mass is 16.5. The summed E-state index contributed by atoms with van der Waals surface area (Å²) in [5.74, 6) is 0.496. The number of hydrogen-bond donors (Lipinski definition) is 0. The molecule has 0 radical (unpaired) electrons. The molecule has 0 bridgehead atoms. The van der Waals surface area contributed by atoms with Crippen LogP contribution in [0.2, 0.25) is 0 Å². The summed E-state index contributed by atoms with van der Waals surface area (Å²) in [5.41, 5.74) is 5.20. The summed E-state index contributed by atoms with van der Waals surface area (Å²) < 4.78 is 26.0. The zero-order valence-corrected chi connectivity index (χ0v) is 29.0. The second-order valence-corrected chi connectivity index (χ2v) is 11.9. The van der Waals surface area contributed by atoms with Crippen molar-refractivity contribution >= 4 is 0 Å². The first kappa shape index (κ1) is 39.9. The first-order valence-corrected chi connectivity index (χ1v) is 15.6. The smallest absolute Gasteiger partial charge is 0.0716 e. The molecular weight excluding hydrogens is 516 g/mol. The third-order valence-corrected chi connectivity index (χ3v) is 7.74. The van der Waals surface area contributed by atoms with Crippen molar-refractivity contribution in [3.05, 3.63) is 34.4 Å². The summed E-state index contributed by atoms with van der Waals surface area (Å²) in [4.78, 5) is 4.92. The molecule has 1 saturated heterocycles. The van der Waals surface area contributed by atoms with Crippen LogP contribution in [0.25, 0.3) is 0 Å². The highest BCUT2D eigenvalue weighted by Gasteiger charge is 2.28. The minimum atomic E-state index is 0.463. The average Bonchev–Trinajstić information content (AvgIpc) is 2.93. The molecular formula is C34H66N2O5. The zero-order chi connectivity index (χ0) is 31.4. The van der Waals surface area contributed by atoms with Crippen molar-refractivity contribution in [2.45, 2.75) is 118 Å². The normalized spacial score (nSPS) is 17.6. The molecule has 1 aliphatic heterocycles. The van der Waals surface area contributed by atoms with E-state index in [0.717, 1.165) is 38.9 Å². The summed E-state index contributed by atoms with van der Waals surface area (Å²) in [6, 6.07) is 6.42. The third kappa shape index (κ3) is 15.8. The lowest BCUT2D eigenvalue weighted by Gasteiger charge is -2.41. The maximum Gasteiger partial charge on any atom is 0.0716 e. The monoisotopic (exact) mass is 582 g/mol. The van der Waals surface area contributed by atoms with Crippen LogP contribution < -0.4 is 0 Å². The molecule has 0 aromatic heterocycles. The predicted octanol–water partition coefficient (Wildman–Crippen LogP) is 6.69. The van der Waals surface area contributed by atoms with Gasteiger partial charge in [-0.15, -0.1) is 0 Å². The Bertz CT molecular complexity index is 736. The summed E-state index contributed by atoms with van der Waals surface area (Å²) in [7, 11) is 8.77. The van der Waals surface area contributed by atoms with Gasteiger partial charge in [-0.2, -0.15) is 0 Å². The number of hydrogen-bond acceptors (Lipinski definition) is 7. The molecule has 0 N–H and O–H groups in total. The number of aryl methyl sites for hydroxylation is 1. The van der Waals surface area contributed by atoms with Gasteiger partial charge in [0.05, 0.1) is 32.5 Å². The molecule has 2 atom stereocenters. The molecule has 0 amide bonds. The number of benzene rings is 1. The molecule has 1 aromatic carbocycles. The molecule has 1 heterocycles. The van der Waals surface area contributed by atoms with Crippen LogP contribution in [0.4, 0.5) is 0 Å². The van der Waals surface area contributed by atoms with Gasteiger partial charge in [-0.25, -0.2) is 0 Å². The van der Waals surface area contributed by atoms with E-state index in [-0.39, 0.29) is 0 Å². The van der Waals surface area contributed by atoms with Crippen molar-refractivity contribution in [3.63, 3.8) is 0 Å². The van der Waals surface area contributed by atoms with Gasteiger partial charge in [0.1, 0.15) is 0 Å². The number of likely N-dealkylation sites (tertiary alicyclic amines) is 1. The van der Waals surface area contributed by atoms with Crippen molar-refractivity contribution < 1.29 is 23.7 Å². The summed E-state index contributed by atoms with van der Waals surface area (Å²) in [6.07, 6.45) is 4.27. The third-order valence-electron chi connectivity index (χ3n) is 7.74. The first-order chi connectivity index (χ1) is 19.5. The van der Waals surface area contributed by atoms with Crippen LogP contribution >= 0.6 is 0 Å². The van der Waals surface area contributed by atoms with Crippen LogP contribution in [0.3, 0.4) is 0 Å². The maximum absolute atomic E-state index is 5.42. The molecule has 0 spiro atoms. The van der Waals surface area contributed by atoms with E-state index in [4.69, 9.17) is 23.7 Å². The second kappa shape index (κ2) is 23.4. The Morgan fingerprint density at radius 1 is 0.805 bits per heavy atom. The van der Waals surface area contributed by atoms with E-state index in [0.29, 0.717) is 37.3 Å². The Kier molecular flexibility index (Phi) is 22.8. The molecule has 41 heavy (non-hydrogen) atoms. The molecule has 1 fully saturated rings. The highest BCUT2D eigenvalue weighted by Crippen LogP contribution is 2.27. The van der Waals surface area contributed by atoms with E-state index < -0.39 is 0 Å². The molecule has 7 heteroatoms. The van der Waals surface area contributed by atoms with E-state index in [2.05, 4.69) is 77.3 Å². The van der Waals surface area contributed by atoms with Gasteiger partial charge in [0.15, 0.2) is 0 Å². The standard InChI is InChI=1S/C14H22O2.C11H23NO.C9H21NO2/c1-10(2)14-12(8-15-4)6-11(3)7-13(14)9-16-5;1-5-10-6-7-11(13-4)8-12(10)9(2)3;1-9(2)10(5-7-11-3)6-8-12-4/h6-7,10H,8-9H2,1-5H3;9-11H,5-8H2,1-4H3;9H,5-8H2,1-4H3/t;10-,11+;/m.0./s1. The van der Waals surface area contributed by atoms with Crippen molar-refractivity contribution in [2.75, 3.05) is 68.4 Å². The Morgan fingerprint density at radius 3 is 1.66 bits per heavy atom. The predicted molar refractivity (Wildman–Crippen MR) is 173 cm³/mol. The van der Waals surface area contributed by atoms with Crippen LogP contribution in [0.5, 0.6) is 0 Å². The van der Waals surface area contributed by atoms with Crippen LogP contribution in [0.1, 0.15) is 95.9 Å². The van der Waals surface area contributed by atoms with Gasteiger partial charge < -0.3 is 23.7 Å². The van der Waals surface area contributed by atoms with Crippen molar-refractivity contribution in [1.82, 2.24) is 9.80 Å². The Morgan fingerprint density at radius 2 is 1.32 bits per heavy atom. The van der Waals surface area contributed by atoms with E-state index in [9.17, 15) is 0 Å². The molecule has 0 saturated carbocycles. The number of rotatable bonds is 15. The van der Waals surface area contributed by atoms with E-state index in [1.54, 1.807) is 28.4 Å².